The number of urea groups is 1. The highest BCUT2D eigenvalue weighted by atomic mass is 127. The number of halogens is 2. The van der Waals surface area contributed by atoms with Crippen LogP contribution in [0.25, 0.3) is 0 Å². The van der Waals surface area contributed by atoms with E-state index < -0.39 is 12.7 Å². The van der Waals surface area contributed by atoms with Crippen LogP contribution in [0.4, 0.5) is 26.2 Å². The number of hydrogen-bond acceptors (Lipinski definition) is 3. The number of carbonyl (C=O) groups excluding carboxylic acids is 3. The standard InChI is InChI=1S/C23H20FIN4O3/c1-26-21(30)15-3-2-4-18(11-15)27-22(31)14-5-7-17(8-6-14)28-23(32)29-19-9-10-20(25)16(12-19)13-24/h2-12H,13H2,1H3,(H,26,30)(H,27,31)(H2,28,29,32). The average Bonchev–Trinajstić information content (AvgIpc) is 2.80. The number of amides is 4. The summed E-state index contributed by atoms with van der Waals surface area (Å²) in [6.45, 7) is -0.616. The molecule has 3 rings (SSSR count). The Morgan fingerprint density at radius 2 is 1.44 bits per heavy atom. The zero-order chi connectivity index (χ0) is 23.1. The Morgan fingerprint density at radius 1 is 0.781 bits per heavy atom. The van der Waals surface area contributed by atoms with Crippen molar-refractivity contribution in [3.8, 4) is 0 Å². The lowest BCUT2D eigenvalue weighted by Gasteiger charge is -2.10. The summed E-state index contributed by atoms with van der Waals surface area (Å²) in [6.07, 6.45) is 0. The summed E-state index contributed by atoms with van der Waals surface area (Å²) in [5.41, 5.74) is 2.76. The van der Waals surface area contributed by atoms with Crippen molar-refractivity contribution in [1.29, 1.82) is 0 Å². The van der Waals surface area contributed by atoms with Gasteiger partial charge in [0.05, 0.1) is 0 Å². The van der Waals surface area contributed by atoms with E-state index in [0.717, 1.165) is 3.57 Å². The summed E-state index contributed by atoms with van der Waals surface area (Å²) in [6, 6.07) is 17.4. The molecule has 0 atom stereocenters. The SMILES string of the molecule is CNC(=O)c1cccc(NC(=O)c2ccc(NC(=O)Nc3ccc(I)c(CF)c3)cc2)c1. The highest BCUT2D eigenvalue weighted by Gasteiger charge is 2.10. The van der Waals surface area contributed by atoms with Gasteiger partial charge in [-0.05, 0) is 88.8 Å². The molecule has 0 aliphatic rings. The van der Waals surface area contributed by atoms with Gasteiger partial charge in [0.1, 0.15) is 6.67 Å². The van der Waals surface area contributed by atoms with Crippen LogP contribution in [0.1, 0.15) is 26.3 Å². The zero-order valence-corrected chi connectivity index (χ0v) is 19.2. The Labute approximate surface area is 197 Å². The number of anilines is 3. The van der Waals surface area contributed by atoms with E-state index in [0.29, 0.717) is 33.8 Å². The Kier molecular flexibility index (Phi) is 7.77. The molecular weight excluding hydrogens is 526 g/mol. The molecule has 0 fully saturated rings. The van der Waals surface area contributed by atoms with E-state index in [1.807, 2.05) is 22.6 Å². The fourth-order valence-corrected chi connectivity index (χ4v) is 3.32. The van der Waals surface area contributed by atoms with E-state index in [-0.39, 0.29) is 11.8 Å². The molecule has 7 nitrogen and oxygen atoms in total. The maximum atomic E-state index is 13.0. The topological polar surface area (TPSA) is 99.3 Å². The monoisotopic (exact) mass is 546 g/mol. The molecule has 9 heteroatoms. The molecule has 4 N–H and O–H groups in total. The van der Waals surface area contributed by atoms with Crippen molar-refractivity contribution in [3.63, 3.8) is 0 Å². The molecule has 0 unspecified atom stereocenters. The Hall–Kier alpha value is -3.47. The molecule has 32 heavy (non-hydrogen) atoms. The minimum atomic E-state index is -0.616. The number of nitrogens with one attached hydrogen (secondary N) is 4. The van der Waals surface area contributed by atoms with Gasteiger partial charge in [-0.25, -0.2) is 9.18 Å². The number of carbonyl (C=O) groups is 3. The van der Waals surface area contributed by atoms with Gasteiger partial charge in [-0.3, -0.25) is 9.59 Å². The van der Waals surface area contributed by atoms with Gasteiger partial charge in [0.2, 0.25) is 0 Å². The van der Waals surface area contributed by atoms with Crippen molar-refractivity contribution in [1.82, 2.24) is 5.32 Å². The van der Waals surface area contributed by atoms with Gasteiger partial charge in [-0.1, -0.05) is 6.07 Å². The zero-order valence-electron chi connectivity index (χ0n) is 17.0. The largest absolute Gasteiger partial charge is 0.355 e. The summed E-state index contributed by atoms with van der Waals surface area (Å²) in [4.78, 5) is 36.4. The van der Waals surface area contributed by atoms with E-state index in [1.165, 1.54) is 7.05 Å². The van der Waals surface area contributed by atoms with Gasteiger partial charge in [-0.2, -0.15) is 0 Å². The van der Waals surface area contributed by atoms with Gasteiger partial charge in [0.25, 0.3) is 11.8 Å². The molecule has 3 aromatic carbocycles. The molecule has 0 aliphatic heterocycles. The summed E-state index contributed by atoms with van der Waals surface area (Å²) < 4.78 is 13.8. The third kappa shape index (κ3) is 6.03. The molecule has 0 radical (unpaired) electrons. The van der Waals surface area contributed by atoms with E-state index in [2.05, 4.69) is 21.3 Å². The molecule has 0 aliphatic carbocycles. The molecule has 4 amide bonds. The lowest BCUT2D eigenvalue weighted by molar-refractivity contribution is 0.0961. The van der Waals surface area contributed by atoms with Crippen LogP contribution in [0.3, 0.4) is 0 Å². The van der Waals surface area contributed by atoms with Crippen LogP contribution in [0.5, 0.6) is 0 Å². The predicted molar refractivity (Wildman–Crippen MR) is 131 cm³/mol. The third-order valence-corrected chi connectivity index (χ3v) is 5.51. The van der Waals surface area contributed by atoms with E-state index in [4.69, 9.17) is 0 Å². The van der Waals surface area contributed by atoms with Crippen molar-refractivity contribution in [2.24, 2.45) is 0 Å². The second kappa shape index (κ2) is 10.7. The molecular formula is C23H20FIN4O3. The Bertz CT molecular complexity index is 1150. The maximum Gasteiger partial charge on any atom is 0.323 e. The van der Waals surface area contributed by atoms with Crippen LogP contribution in [0, 0.1) is 3.57 Å². The summed E-state index contributed by atoms with van der Waals surface area (Å²) >= 11 is 2.03. The smallest absolute Gasteiger partial charge is 0.323 e. The van der Waals surface area contributed by atoms with Crippen molar-refractivity contribution in [2.75, 3.05) is 23.0 Å². The maximum absolute atomic E-state index is 13.0. The van der Waals surface area contributed by atoms with Crippen LogP contribution in [-0.2, 0) is 6.67 Å². The normalized spacial score (nSPS) is 10.2. The number of benzene rings is 3. The molecule has 0 saturated heterocycles. The third-order valence-electron chi connectivity index (χ3n) is 4.46. The molecule has 0 heterocycles. The highest BCUT2D eigenvalue weighted by Crippen LogP contribution is 2.19. The molecule has 3 aromatic rings. The molecule has 0 saturated carbocycles. The lowest BCUT2D eigenvalue weighted by Crippen LogP contribution is -2.20. The molecule has 164 valence electrons. The van der Waals surface area contributed by atoms with Gasteiger partial charge in [0.15, 0.2) is 0 Å². The highest BCUT2D eigenvalue weighted by molar-refractivity contribution is 14.1. The first-order valence-electron chi connectivity index (χ1n) is 9.55. The van der Waals surface area contributed by atoms with Crippen molar-refractivity contribution < 1.29 is 18.8 Å². The first kappa shape index (κ1) is 23.2. The molecule has 0 aromatic heterocycles. The van der Waals surface area contributed by atoms with E-state index >= 15 is 0 Å². The van der Waals surface area contributed by atoms with Gasteiger partial charge in [0, 0.05) is 38.8 Å². The van der Waals surface area contributed by atoms with Crippen LogP contribution in [-0.4, -0.2) is 24.9 Å². The van der Waals surface area contributed by atoms with Crippen LogP contribution in [0.15, 0.2) is 66.7 Å². The van der Waals surface area contributed by atoms with Crippen molar-refractivity contribution in [3.05, 3.63) is 87.0 Å². The van der Waals surface area contributed by atoms with Crippen LogP contribution >= 0.6 is 22.6 Å². The number of rotatable bonds is 6. The molecule has 0 bridgehead atoms. The summed E-state index contributed by atoms with van der Waals surface area (Å²) in [5, 5.41) is 10.6. The van der Waals surface area contributed by atoms with Gasteiger partial charge >= 0.3 is 6.03 Å². The van der Waals surface area contributed by atoms with E-state index in [1.54, 1.807) is 66.7 Å². The summed E-state index contributed by atoms with van der Waals surface area (Å²) in [5.74, 6) is -0.603. The van der Waals surface area contributed by atoms with Gasteiger partial charge < -0.3 is 21.3 Å². The fourth-order valence-electron chi connectivity index (χ4n) is 2.84. The van der Waals surface area contributed by atoms with E-state index in [9.17, 15) is 18.8 Å². The predicted octanol–water partition coefficient (Wildman–Crippen LogP) is 5.02. The van der Waals surface area contributed by atoms with Crippen molar-refractivity contribution >= 4 is 57.5 Å². The second-order valence-electron chi connectivity index (χ2n) is 6.71. The quantitative estimate of drug-likeness (QED) is 0.327. The van der Waals surface area contributed by atoms with Crippen molar-refractivity contribution in [2.45, 2.75) is 6.67 Å². The minimum Gasteiger partial charge on any atom is -0.355 e. The second-order valence-corrected chi connectivity index (χ2v) is 7.87. The number of alkyl halides is 1. The first-order valence-corrected chi connectivity index (χ1v) is 10.6. The van der Waals surface area contributed by atoms with Gasteiger partial charge in [-0.15, -0.1) is 0 Å². The fraction of sp³-hybridized carbons (Fsp3) is 0.0870. The summed E-state index contributed by atoms with van der Waals surface area (Å²) in [7, 11) is 1.53. The average molecular weight is 546 g/mol. The minimum absolute atomic E-state index is 0.249. The lowest BCUT2D eigenvalue weighted by atomic mass is 10.1. The molecule has 0 spiro atoms. The first-order chi connectivity index (χ1) is 15.4. The number of hydrogen-bond donors (Lipinski definition) is 4. The van der Waals surface area contributed by atoms with Crippen LogP contribution < -0.4 is 21.3 Å². The van der Waals surface area contributed by atoms with Crippen LogP contribution in [0.2, 0.25) is 0 Å². The Morgan fingerprint density at radius 3 is 2.12 bits per heavy atom. The Balaban J connectivity index is 1.60.